The number of esters is 1. The van der Waals surface area contributed by atoms with Crippen molar-refractivity contribution in [2.75, 3.05) is 18.1 Å². The Morgan fingerprint density at radius 3 is 2.83 bits per heavy atom. The van der Waals surface area contributed by atoms with Crippen LogP contribution in [-0.2, 0) is 14.3 Å². The van der Waals surface area contributed by atoms with Gasteiger partial charge in [0.15, 0.2) is 5.71 Å². The number of anilines is 1. The quantitative estimate of drug-likeness (QED) is 0.487. The molecule has 1 aromatic rings. The monoisotopic (exact) mass is 248 g/mol. The van der Waals surface area contributed by atoms with E-state index in [1.807, 2.05) is 0 Å². The lowest BCUT2D eigenvalue weighted by Crippen LogP contribution is -2.35. The summed E-state index contributed by atoms with van der Waals surface area (Å²) in [5.41, 5.74) is 0.993. The molecule has 0 atom stereocenters. The van der Waals surface area contributed by atoms with Crippen molar-refractivity contribution in [3.05, 3.63) is 29.8 Å². The number of oxime groups is 1. The van der Waals surface area contributed by atoms with Crippen LogP contribution < -0.4 is 4.90 Å². The number of nitrogens with zero attached hydrogens (tertiary/aromatic N) is 2. The Labute approximate surface area is 103 Å². The molecule has 6 heteroatoms. The SMILES string of the molecule is CCOC(=O)CN1C(=O)/C(=N/O)c2ccccc21. The van der Waals surface area contributed by atoms with E-state index in [1.54, 1.807) is 31.2 Å². The standard InChI is InChI=1S/C12H12N2O4/c1-2-18-10(15)7-14-9-6-4-3-5-8(9)11(13-17)12(14)16/h3-6,17H,2,7H2,1H3/b13-11+. The first kappa shape index (κ1) is 12.1. The predicted octanol–water partition coefficient (Wildman–Crippen LogP) is 0.775. The van der Waals surface area contributed by atoms with E-state index >= 15 is 0 Å². The second kappa shape index (κ2) is 4.87. The van der Waals surface area contributed by atoms with Crippen LogP contribution in [0.5, 0.6) is 0 Å². The first-order valence-electron chi connectivity index (χ1n) is 5.48. The van der Waals surface area contributed by atoms with Gasteiger partial charge in [0, 0.05) is 5.56 Å². The van der Waals surface area contributed by atoms with Crippen molar-refractivity contribution in [1.29, 1.82) is 0 Å². The summed E-state index contributed by atoms with van der Waals surface area (Å²) in [5.74, 6) is -1.01. The third-order valence-electron chi connectivity index (χ3n) is 2.59. The minimum absolute atomic E-state index is 0.0603. The first-order chi connectivity index (χ1) is 8.69. The third kappa shape index (κ3) is 1.92. The van der Waals surface area contributed by atoms with Crippen LogP contribution in [0.15, 0.2) is 29.4 Å². The van der Waals surface area contributed by atoms with Gasteiger partial charge in [0.1, 0.15) is 6.54 Å². The molecule has 0 fully saturated rings. The summed E-state index contributed by atoms with van der Waals surface area (Å²) in [7, 11) is 0. The van der Waals surface area contributed by atoms with Gasteiger partial charge in [-0.3, -0.25) is 14.5 Å². The lowest BCUT2D eigenvalue weighted by molar-refractivity contribution is -0.142. The number of rotatable bonds is 3. The maximum atomic E-state index is 12.0. The van der Waals surface area contributed by atoms with Crippen LogP contribution >= 0.6 is 0 Å². The second-order valence-corrected chi connectivity index (χ2v) is 3.66. The molecule has 0 spiro atoms. The highest BCUT2D eigenvalue weighted by Gasteiger charge is 2.35. The molecular weight excluding hydrogens is 236 g/mol. The summed E-state index contributed by atoms with van der Waals surface area (Å²) in [4.78, 5) is 24.6. The number of carbonyl (C=O) groups excluding carboxylic acids is 2. The highest BCUT2D eigenvalue weighted by molar-refractivity contribution is 6.54. The number of hydrogen-bond donors (Lipinski definition) is 1. The molecule has 0 saturated carbocycles. The van der Waals surface area contributed by atoms with Crippen molar-refractivity contribution in [1.82, 2.24) is 0 Å². The average molecular weight is 248 g/mol. The fourth-order valence-corrected chi connectivity index (χ4v) is 1.85. The van der Waals surface area contributed by atoms with Crippen LogP contribution in [0.1, 0.15) is 12.5 Å². The number of amides is 1. The molecule has 0 saturated heterocycles. The molecule has 0 bridgehead atoms. The zero-order chi connectivity index (χ0) is 13.1. The van der Waals surface area contributed by atoms with Crippen LogP contribution in [-0.4, -0.2) is 35.9 Å². The van der Waals surface area contributed by atoms with Crippen molar-refractivity contribution in [2.24, 2.45) is 5.16 Å². The van der Waals surface area contributed by atoms with Gasteiger partial charge in [-0.15, -0.1) is 0 Å². The number of fused-ring (bicyclic) bond motifs is 1. The molecular formula is C12H12N2O4. The maximum Gasteiger partial charge on any atom is 0.326 e. The van der Waals surface area contributed by atoms with Crippen molar-refractivity contribution in [3.63, 3.8) is 0 Å². The third-order valence-corrected chi connectivity index (χ3v) is 2.59. The van der Waals surface area contributed by atoms with E-state index in [0.29, 0.717) is 11.3 Å². The van der Waals surface area contributed by atoms with Crippen LogP contribution in [0.25, 0.3) is 0 Å². The van der Waals surface area contributed by atoms with Gasteiger partial charge in [0.25, 0.3) is 5.91 Å². The summed E-state index contributed by atoms with van der Waals surface area (Å²) in [6.45, 7) is 1.75. The minimum Gasteiger partial charge on any atom is -0.465 e. The van der Waals surface area contributed by atoms with E-state index in [4.69, 9.17) is 9.94 Å². The zero-order valence-corrected chi connectivity index (χ0v) is 9.79. The van der Waals surface area contributed by atoms with E-state index in [0.717, 1.165) is 0 Å². The number of carbonyl (C=O) groups is 2. The summed E-state index contributed by atoms with van der Waals surface area (Å²) in [6, 6.07) is 6.81. The van der Waals surface area contributed by atoms with Gasteiger partial charge < -0.3 is 9.94 Å². The Balaban J connectivity index is 2.33. The molecule has 0 aromatic heterocycles. The molecule has 0 radical (unpaired) electrons. The van der Waals surface area contributed by atoms with E-state index in [9.17, 15) is 9.59 Å². The topological polar surface area (TPSA) is 79.2 Å². The largest absolute Gasteiger partial charge is 0.465 e. The summed E-state index contributed by atoms with van der Waals surface area (Å²) < 4.78 is 4.80. The van der Waals surface area contributed by atoms with Crippen LogP contribution in [0.4, 0.5) is 5.69 Å². The predicted molar refractivity (Wildman–Crippen MR) is 63.8 cm³/mol. The van der Waals surface area contributed by atoms with Crippen LogP contribution in [0.3, 0.4) is 0 Å². The zero-order valence-electron chi connectivity index (χ0n) is 9.79. The van der Waals surface area contributed by atoms with Gasteiger partial charge in [-0.1, -0.05) is 23.4 Å². The van der Waals surface area contributed by atoms with E-state index in [-0.39, 0.29) is 18.9 Å². The molecule has 1 aromatic carbocycles. The van der Waals surface area contributed by atoms with Crippen LogP contribution in [0.2, 0.25) is 0 Å². The van der Waals surface area contributed by atoms with Crippen molar-refractivity contribution < 1.29 is 19.5 Å². The van der Waals surface area contributed by atoms with Gasteiger partial charge >= 0.3 is 5.97 Å². The molecule has 2 rings (SSSR count). The molecule has 1 aliphatic rings. The number of hydrogen-bond acceptors (Lipinski definition) is 5. The fourth-order valence-electron chi connectivity index (χ4n) is 1.85. The molecule has 0 aliphatic carbocycles. The molecule has 18 heavy (non-hydrogen) atoms. The first-order valence-corrected chi connectivity index (χ1v) is 5.48. The summed E-state index contributed by atoms with van der Waals surface area (Å²) in [5, 5.41) is 11.8. The van der Waals surface area contributed by atoms with Gasteiger partial charge in [-0.2, -0.15) is 0 Å². The van der Waals surface area contributed by atoms with Crippen molar-refractivity contribution >= 4 is 23.3 Å². The summed E-state index contributed by atoms with van der Waals surface area (Å²) in [6.07, 6.45) is 0. The molecule has 0 unspecified atom stereocenters. The normalized spacial score (nSPS) is 15.9. The fraction of sp³-hybridized carbons (Fsp3) is 0.250. The highest BCUT2D eigenvalue weighted by atomic mass is 16.5. The Morgan fingerprint density at radius 1 is 1.44 bits per heavy atom. The van der Waals surface area contributed by atoms with E-state index < -0.39 is 11.9 Å². The summed E-state index contributed by atoms with van der Waals surface area (Å²) >= 11 is 0. The molecule has 6 nitrogen and oxygen atoms in total. The minimum atomic E-state index is -0.508. The van der Waals surface area contributed by atoms with Gasteiger partial charge in [-0.25, -0.2) is 0 Å². The number of benzene rings is 1. The average Bonchev–Trinajstić information content (AvgIpc) is 2.63. The highest BCUT2D eigenvalue weighted by Crippen LogP contribution is 2.28. The van der Waals surface area contributed by atoms with Gasteiger partial charge in [0.2, 0.25) is 0 Å². The molecule has 1 heterocycles. The Bertz CT molecular complexity index is 525. The Kier molecular flexibility index (Phi) is 3.27. The van der Waals surface area contributed by atoms with Crippen LogP contribution in [0, 0.1) is 0 Å². The smallest absolute Gasteiger partial charge is 0.326 e. The lowest BCUT2D eigenvalue weighted by Gasteiger charge is -2.15. The van der Waals surface area contributed by atoms with Crippen molar-refractivity contribution in [3.8, 4) is 0 Å². The van der Waals surface area contributed by atoms with E-state index in [2.05, 4.69) is 5.16 Å². The number of para-hydroxylation sites is 1. The van der Waals surface area contributed by atoms with Gasteiger partial charge in [0.05, 0.1) is 12.3 Å². The van der Waals surface area contributed by atoms with E-state index in [1.165, 1.54) is 4.90 Å². The number of ether oxygens (including phenoxy) is 1. The van der Waals surface area contributed by atoms with Crippen molar-refractivity contribution in [2.45, 2.75) is 6.92 Å². The lowest BCUT2D eigenvalue weighted by atomic mass is 10.1. The Hall–Kier alpha value is -2.37. The Morgan fingerprint density at radius 2 is 2.17 bits per heavy atom. The van der Waals surface area contributed by atoms with Gasteiger partial charge in [-0.05, 0) is 13.0 Å². The molecule has 1 N–H and O–H groups in total. The molecule has 1 aliphatic heterocycles. The molecule has 94 valence electrons. The molecule has 1 amide bonds. The maximum absolute atomic E-state index is 12.0. The second-order valence-electron chi connectivity index (χ2n) is 3.66.